The van der Waals surface area contributed by atoms with Gasteiger partial charge < -0.3 is 9.30 Å². The third-order valence-corrected chi connectivity index (χ3v) is 6.26. The van der Waals surface area contributed by atoms with E-state index in [2.05, 4.69) is 21.7 Å². The van der Waals surface area contributed by atoms with Crippen LogP contribution in [-0.2, 0) is 12.3 Å². The summed E-state index contributed by atoms with van der Waals surface area (Å²) in [5.41, 5.74) is 2.16. The quantitative estimate of drug-likeness (QED) is 0.359. The lowest BCUT2D eigenvalue weighted by Crippen LogP contribution is -2.12. The zero-order valence-corrected chi connectivity index (χ0v) is 18.8. The number of thioether (sulfide) groups is 1. The van der Waals surface area contributed by atoms with Crippen LogP contribution in [0.3, 0.4) is 0 Å². The van der Waals surface area contributed by atoms with E-state index in [1.807, 2.05) is 44.2 Å². The molecule has 3 aromatic rings. The molecule has 2 aromatic carbocycles. The fourth-order valence-electron chi connectivity index (χ4n) is 2.73. The number of hydrogen-bond donors (Lipinski definition) is 0. The fourth-order valence-corrected chi connectivity index (χ4v) is 4.16. The molecule has 148 valence electrons. The Hall–Kier alpha value is -1.40. The smallest absolute Gasteiger partial charge is 0.191 e. The van der Waals surface area contributed by atoms with Crippen LogP contribution in [0.5, 0.6) is 5.75 Å². The maximum absolute atomic E-state index is 6.26. The van der Waals surface area contributed by atoms with Crippen molar-refractivity contribution in [3.05, 3.63) is 68.4 Å². The van der Waals surface area contributed by atoms with E-state index in [4.69, 9.17) is 39.5 Å². The maximum Gasteiger partial charge on any atom is 0.191 e. The van der Waals surface area contributed by atoms with Crippen LogP contribution < -0.4 is 4.74 Å². The lowest BCUT2D eigenvalue weighted by molar-refractivity contribution is 0.210. The first kappa shape index (κ1) is 21.3. The second-order valence-corrected chi connectivity index (χ2v) is 8.48. The molecule has 8 heteroatoms. The third kappa shape index (κ3) is 4.95. The normalized spacial score (nSPS) is 12.2. The van der Waals surface area contributed by atoms with Crippen LogP contribution in [0, 0.1) is 6.92 Å². The summed E-state index contributed by atoms with van der Waals surface area (Å²) in [5, 5.41) is 11.2. The van der Waals surface area contributed by atoms with Crippen LogP contribution in [0.25, 0.3) is 0 Å². The van der Waals surface area contributed by atoms with Crippen LogP contribution in [0.2, 0.25) is 15.1 Å². The van der Waals surface area contributed by atoms with Crippen molar-refractivity contribution in [2.45, 2.75) is 44.3 Å². The maximum atomic E-state index is 6.26. The number of nitrogens with zero attached hydrogens (tertiary/aromatic N) is 3. The van der Waals surface area contributed by atoms with Gasteiger partial charge in [-0.05, 0) is 56.2 Å². The number of aromatic nitrogens is 3. The minimum atomic E-state index is -0.286. The molecule has 4 nitrogen and oxygen atoms in total. The molecule has 0 N–H and O–H groups in total. The Balaban J connectivity index is 1.75. The summed E-state index contributed by atoms with van der Waals surface area (Å²) in [6.45, 7) is 6.74. The van der Waals surface area contributed by atoms with E-state index in [0.717, 1.165) is 28.7 Å². The molecule has 0 saturated carbocycles. The van der Waals surface area contributed by atoms with E-state index in [9.17, 15) is 0 Å². The molecule has 0 aliphatic rings. The van der Waals surface area contributed by atoms with Crippen molar-refractivity contribution in [3.63, 3.8) is 0 Å². The highest BCUT2D eigenvalue weighted by molar-refractivity contribution is 7.98. The Kier molecular flexibility index (Phi) is 7.15. The minimum absolute atomic E-state index is 0.286. The van der Waals surface area contributed by atoms with E-state index in [-0.39, 0.29) is 6.10 Å². The van der Waals surface area contributed by atoms with Gasteiger partial charge in [0.15, 0.2) is 17.1 Å². The largest absolute Gasteiger partial charge is 0.481 e. The second kappa shape index (κ2) is 9.40. The molecule has 0 saturated heterocycles. The van der Waals surface area contributed by atoms with Gasteiger partial charge in [0.05, 0.1) is 15.1 Å². The van der Waals surface area contributed by atoms with Crippen molar-refractivity contribution < 1.29 is 4.74 Å². The molecule has 0 bridgehead atoms. The number of halogens is 3. The molecule has 1 unspecified atom stereocenters. The van der Waals surface area contributed by atoms with Crippen molar-refractivity contribution in [3.8, 4) is 5.75 Å². The molecule has 1 atom stereocenters. The SMILES string of the molecule is CCn1c(SCc2ccc(Cl)c(Cl)c2)nnc1C(C)Oc1cc(C)ccc1Cl. The topological polar surface area (TPSA) is 39.9 Å². The first-order chi connectivity index (χ1) is 13.4. The van der Waals surface area contributed by atoms with Crippen LogP contribution in [0.15, 0.2) is 41.6 Å². The lowest BCUT2D eigenvalue weighted by Gasteiger charge is -2.17. The highest BCUT2D eigenvalue weighted by atomic mass is 35.5. The van der Waals surface area contributed by atoms with E-state index < -0.39 is 0 Å². The van der Waals surface area contributed by atoms with Crippen LogP contribution in [0.1, 0.15) is 36.9 Å². The van der Waals surface area contributed by atoms with Gasteiger partial charge in [-0.3, -0.25) is 0 Å². The van der Waals surface area contributed by atoms with Gasteiger partial charge in [-0.1, -0.05) is 58.7 Å². The number of rotatable bonds is 7. The molecule has 0 aliphatic heterocycles. The summed E-state index contributed by atoms with van der Waals surface area (Å²) >= 11 is 19.9. The van der Waals surface area contributed by atoms with Gasteiger partial charge in [0.25, 0.3) is 0 Å². The average molecular weight is 457 g/mol. The number of benzene rings is 2. The number of ether oxygens (including phenoxy) is 1. The predicted molar refractivity (Wildman–Crippen MR) is 117 cm³/mol. The lowest BCUT2D eigenvalue weighted by atomic mass is 10.2. The Morgan fingerprint density at radius 2 is 1.79 bits per heavy atom. The van der Waals surface area contributed by atoms with Crippen molar-refractivity contribution in [1.82, 2.24) is 14.8 Å². The molecule has 0 spiro atoms. The van der Waals surface area contributed by atoms with Crippen LogP contribution >= 0.6 is 46.6 Å². The molecule has 1 heterocycles. The highest BCUT2D eigenvalue weighted by Crippen LogP contribution is 2.31. The fraction of sp³-hybridized carbons (Fsp3) is 0.300. The average Bonchev–Trinajstić information content (AvgIpc) is 3.08. The van der Waals surface area contributed by atoms with Gasteiger partial charge >= 0.3 is 0 Å². The zero-order chi connectivity index (χ0) is 20.3. The highest BCUT2D eigenvalue weighted by Gasteiger charge is 2.20. The Morgan fingerprint density at radius 3 is 2.50 bits per heavy atom. The minimum Gasteiger partial charge on any atom is -0.481 e. The van der Waals surface area contributed by atoms with Gasteiger partial charge in [-0.15, -0.1) is 10.2 Å². The number of aryl methyl sites for hydroxylation is 1. The molecular formula is C20H20Cl3N3OS. The Labute approximate surface area is 184 Å². The van der Waals surface area contributed by atoms with Gasteiger partial charge in [-0.2, -0.15) is 0 Å². The predicted octanol–water partition coefficient (Wildman–Crippen LogP) is 7.00. The molecule has 0 radical (unpaired) electrons. The molecule has 0 aliphatic carbocycles. The van der Waals surface area contributed by atoms with Crippen molar-refractivity contribution in [2.75, 3.05) is 0 Å². The number of hydrogen-bond acceptors (Lipinski definition) is 4. The third-order valence-electron chi connectivity index (χ3n) is 4.17. The molecule has 1 aromatic heterocycles. The summed E-state index contributed by atoms with van der Waals surface area (Å²) in [6, 6.07) is 11.3. The van der Waals surface area contributed by atoms with Crippen molar-refractivity contribution in [1.29, 1.82) is 0 Å². The van der Waals surface area contributed by atoms with E-state index in [0.29, 0.717) is 26.6 Å². The summed E-state index contributed by atoms with van der Waals surface area (Å²) < 4.78 is 8.12. The summed E-state index contributed by atoms with van der Waals surface area (Å²) in [7, 11) is 0. The van der Waals surface area contributed by atoms with Gasteiger partial charge in [-0.25, -0.2) is 0 Å². The van der Waals surface area contributed by atoms with E-state index >= 15 is 0 Å². The van der Waals surface area contributed by atoms with Crippen molar-refractivity contribution >= 4 is 46.6 Å². The molecule has 28 heavy (non-hydrogen) atoms. The molecule has 0 fully saturated rings. The zero-order valence-electron chi connectivity index (χ0n) is 15.7. The first-order valence-corrected chi connectivity index (χ1v) is 10.9. The molecular weight excluding hydrogens is 437 g/mol. The van der Waals surface area contributed by atoms with Crippen LogP contribution in [-0.4, -0.2) is 14.8 Å². The summed E-state index contributed by atoms with van der Waals surface area (Å²) in [6.07, 6.45) is -0.286. The Bertz CT molecular complexity index is 977. The van der Waals surface area contributed by atoms with Gasteiger partial charge in [0.2, 0.25) is 0 Å². The molecule has 3 rings (SSSR count). The monoisotopic (exact) mass is 455 g/mol. The van der Waals surface area contributed by atoms with Gasteiger partial charge in [0.1, 0.15) is 5.75 Å². The van der Waals surface area contributed by atoms with Crippen LogP contribution in [0.4, 0.5) is 0 Å². The van der Waals surface area contributed by atoms with Gasteiger partial charge in [0, 0.05) is 12.3 Å². The van der Waals surface area contributed by atoms with E-state index in [1.165, 1.54) is 0 Å². The summed E-state index contributed by atoms with van der Waals surface area (Å²) in [5.74, 6) is 2.12. The second-order valence-electron chi connectivity index (χ2n) is 6.32. The standard InChI is InChI=1S/C20H20Cl3N3OS/c1-4-26-19(13(3)27-18-9-12(2)5-7-16(18)22)24-25-20(26)28-11-14-6-8-15(21)17(23)10-14/h5-10,13H,4,11H2,1-3H3. The Morgan fingerprint density at radius 1 is 1.04 bits per heavy atom. The molecule has 0 amide bonds. The van der Waals surface area contributed by atoms with Crippen molar-refractivity contribution in [2.24, 2.45) is 0 Å². The first-order valence-electron chi connectivity index (χ1n) is 8.81. The summed E-state index contributed by atoms with van der Waals surface area (Å²) in [4.78, 5) is 0. The van der Waals surface area contributed by atoms with E-state index in [1.54, 1.807) is 17.8 Å².